The van der Waals surface area contributed by atoms with Crippen LogP contribution in [0.25, 0.3) is 17.1 Å². The topological polar surface area (TPSA) is 82.7 Å². The molecule has 1 fully saturated rings. The van der Waals surface area contributed by atoms with Crippen LogP contribution in [0.15, 0.2) is 34.2 Å². The van der Waals surface area contributed by atoms with Gasteiger partial charge in [-0.15, -0.1) is 6.42 Å². The van der Waals surface area contributed by atoms with Gasteiger partial charge in [0, 0.05) is 17.5 Å². The Hall–Kier alpha value is -3.38. The lowest BCUT2D eigenvalue weighted by atomic mass is 10.1. The summed E-state index contributed by atoms with van der Waals surface area (Å²) in [5.41, 5.74) is -2.56. The highest BCUT2D eigenvalue weighted by Gasteiger charge is 2.45. The van der Waals surface area contributed by atoms with Gasteiger partial charge in [-0.05, 0) is 25.8 Å². The van der Waals surface area contributed by atoms with Crippen molar-refractivity contribution in [2.24, 2.45) is 0 Å². The van der Waals surface area contributed by atoms with Crippen molar-refractivity contribution in [1.29, 1.82) is 0 Å². The van der Waals surface area contributed by atoms with Gasteiger partial charge < -0.3 is 0 Å². The molecule has 1 aliphatic rings. The maximum absolute atomic E-state index is 14.5. The zero-order valence-corrected chi connectivity index (χ0v) is 16.5. The van der Waals surface area contributed by atoms with E-state index in [1.807, 2.05) is 0 Å². The molecule has 0 radical (unpaired) electrons. The molecule has 0 amide bonds. The van der Waals surface area contributed by atoms with Gasteiger partial charge in [0.1, 0.15) is 11.2 Å². The summed E-state index contributed by atoms with van der Waals surface area (Å²) < 4.78 is 30.0. The van der Waals surface area contributed by atoms with Crippen LogP contribution in [0.3, 0.4) is 0 Å². The number of nitrogens with zero attached hydrogens (tertiary/aromatic N) is 5. The molecule has 0 bridgehead atoms. The van der Waals surface area contributed by atoms with Crippen LogP contribution in [-0.4, -0.2) is 24.1 Å². The predicted octanol–water partition coefficient (Wildman–Crippen LogP) is 2.54. The van der Waals surface area contributed by atoms with Gasteiger partial charge in [-0.1, -0.05) is 17.5 Å². The predicted molar refractivity (Wildman–Crippen MR) is 106 cm³/mol. The zero-order chi connectivity index (χ0) is 21.6. The van der Waals surface area contributed by atoms with E-state index in [0.717, 1.165) is 10.8 Å². The van der Waals surface area contributed by atoms with E-state index >= 15 is 0 Å². The molecule has 152 valence electrons. The fraction of sp³-hybridized carbons (Fsp3) is 0.250. The van der Waals surface area contributed by atoms with E-state index in [1.165, 1.54) is 30.0 Å². The second kappa shape index (κ2) is 7.15. The first-order valence-corrected chi connectivity index (χ1v) is 9.28. The average Bonchev–Trinajstić information content (AvgIpc) is 3.47. The van der Waals surface area contributed by atoms with Gasteiger partial charge in [-0.3, -0.25) is 14.3 Å². The number of rotatable bonds is 4. The lowest BCUT2D eigenvalue weighted by Crippen LogP contribution is -2.41. The first kappa shape index (κ1) is 19.9. The van der Waals surface area contributed by atoms with E-state index in [4.69, 9.17) is 18.0 Å². The smallest absolute Gasteiger partial charge is 0.285 e. The van der Waals surface area contributed by atoms with Gasteiger partial charge in [-0.25, -0.2) is 28.1 Å². The Kier molecular flexibility index (Phi) is 4.74. The number of aromatic nitrogens is 5. The molecule has 0 atom stereocenters. The molecule has 7 nitrogen and oxygen atoms in total. The van der Waals surface area contributed by atoms with Crippen molar-refractivity contribution < 1.29 is 8.78 Å². The summed E-state index contributed by atoms with van der Waals surface area (Å²) in [6, 6.07) is 1.40. The van der Waals surface area contributed by atoms with Gasteiger partial charge in [0.15, 0.2) is 16.8 Å². The minimum atomic E-state index is -1.51. The molecular weight excluding hydrogens is 416 g/mol. The van der Waals surface area contributed by atoms with E-state index in [-0.39, 0.29) is 34.9 Å². The van der Waals surface area contributed by atoms with Crippen LogP contribution in [0.2, 0.25) is 5.15 Å². The Morgan fingerprint density at radius 1 is 1.30 bits per heavy atom. The zero-order valence-electron chi connectivity index (χ0n) is 15.7. The van der Waals surface area contributed by atoms with Crippen molar-refractivity contribution in [3.63, 3.8) is 0 Å². The number of hydrogen-bond acceptors (Lipinski definition) is 5. The monoisotopic (exact) mass is 429 g/mol. The number of pyridine rings is 1. The summed E-state index contributed by atoms with van der Waals surface area (Å²) in [4.78, 5) is 38.0. The molecule has 0 saturated heterocycles. The largest absolute Gasteiger partial charge is 0.336 e. The Bertz CT molecular complexity index is 1340. The first-order valence-electron chi connectivity index (χ1n) is 8.90. The van der Waals surface area contributed by atoms with E-state index in [1.54, 1.807) is 0 Å². The summed E-state index contributed by atoms with van der Waals surface area (Å²) in [6.45, 7) is 1.35. The molecule has 1 saturated carbocycles. The average molecular weight is 430 g/mol. The van der Waals surface area contributed by atoms with Crippen LogP contribution in [-0.2, 0) is 12.2 Å². The maximum Gasteiger partial charge on any atom is 0.336 e. The van der Waals surface area contributed by atoms with Crippen LogP contribution < -0.4 is 11.2 Å². The number of terminal acetylenes is 1. The summed E-state index contributed by atoms with van der Waals surface area (Å²) in [5.74, 6) is 1.33. The Labute approximate surface area is 174 Å². The van der Waals surface area contributed by atoms with E-state index in [0.29, 0.717) is 12.8 Å². The van der Waals surface area contributed by atoms with Crippen LogP contribution >= 0.6 is 11.6 Å². The van der Waals surface area contributed by atoms with E-state index in [9.17, 15) is 18.4 Å². The van der Waals surface area contributed by atoms with Crippen molar-refractivity contribution in [3.8, 4) is 29.4 Å². The molecule has 0 spiro atoms. The number of halogens is 3. The summed E-state index contributed by atoms with van der Waals surface area (Å²) >= 11 is 5.75. The molecule has 0 unspecified atom stereocenters. The molecular formula is C20H14ClF2N5O2. The second-order valence-corrected chi connectivity index (χ2v) is 7.26. The molecule has 1 aliphatic carbocycles. The molecule has 4 rings (SSSR count). The highest BCUT2D eigenvalue weighted by molar-refractivity contribution is 6.29. The van der Waals surface area contributed by atoms with Crippen LogP contribution in [0.1, 0.15) is 24.1 Å². The molecule has 0 aliphatic heterocycles. The van der Waals surface area contributed by atoms with E-state index in [2.05, 4.69) is 20.9 Å². The third-order valence-electron chi connectivity index (χ3n) is 4.97. The van der Waals surface area contributed by atoms with Crippen molar-refractivity contribution >= 4 is 11.6 Å². The third kappa shape index (κ3) is 3.19. The summed E-state index contributed by atoms with van der Waals surface area (Å²) in [7, 11) is 0. The number of alkyl halides is 1. The van der Waals surface area contributed by atoms with Crippen molar-refractivity contribution in [2.45, 2.75) is 32.0 Å². The van der Waals surface area contributed by atoms with Gasteiger partial charge in [-0.2, -0.15) is 0 Å². The van der Waals surface area contributed by atoms with Gasteiger partial charge in [0.25, 0.3) is 5.56 Å². The maximum atomic E-state index is 14.5. The molecule has 3 aromatic heterocycles. The number of hydrogen-bond donors (Lipinski definition) is 0. The van der Waals surface area contributed by atoms with E-state index < -0.39 is 27.9 Å². The molecule has 30 heavy (non-hydrogen) atoms. The summed E-state index contributed by atoms with van der Waals surface area (Å²) in [6.07, 6.45) is 9.53. The highest BCUT2D eigenvalue weighted by atomic mass is 35.5. The SMILES string of the molecule is C#CCn1c(C)c(-c2ncc(F)c(Cl)n2)c(=O)n(-c2cncc(C3(F)CC3)c2)c1=O. The van der Waals surface area contributed by atoms with Crippen LogP contribution in [0.4, 0.5) is 8.78 Å². The molecule has 3 aromatic rings. The minimum absolute atomic E-state index is 0.0756. The van der Waals surface area contributed by atoms with Crippen molar-refractivity contribution in [3.05, 3.63) is 67.7 Å². The normalized spacial score (nSPS) is 14.4. The Balaban J connectivity index is 2.03. The van der Waals surface area contributed by atoms with Gasteiger partial charge in [0.2, 0.25) is 0 Å². The lowest BCUT2D eigenvalue weighted by molar-refractivity contribution is 0.316. The molecule has 0 N–H and O–H groups in total. The standard InChI is InChI=1S/C20H14ClF2N5O2/c1-3-6-27-11(2)15(17-25-10-14(22)16(21)26-17)18(29)28(19(27)30)13-7-12(8-24-9-13)20(23)4-5-20/h1,7-10H,4-6H2,2H3. The lowest BCUT2D eigenvalue weighted by Gasteiger charge is -2.16. The highest BCUT2D eigenvalue weighted by Crippen LogP contribution is 2.49. The quantitative estimate of drug-likeness (QED) is 0.470. The van der Waals surface area contributed by atoms with Crippen molar-refractivity contribution in [2.75, 3.05) is 0 Å². The van der Waals surface area contributed by atoms with Crippen molar-refractivity contribution in [1.82, 2.24) is 24.1 Å². The van der Waals surface area contributed by atoms with Gasteiger partial charge >= 0.3 is 5.69 Å². The Morgan fingerprint density at radius 2 is 2.03 bits per heavy atom. The molecule has 3 heterocycles. The fourth-order valence-corrected chi connectivity index (χ4v) is 3.30. The van der Waals surface area contributed by atoms with Crippen LogP contribution in [0, 0.1) is 25.1 Å². The Morgan fingerprint density at radius 3 is 2.67 bits per heavy atom. The summed E-state index contributed by atoms with van der Waals surface area (Å²) in [5, 5.41) is -0.475. The third-order valence-corrected chi connectivity index (χ3v) is 5.23. The van der Waals surface area contributed by atoms with Crippen LogP contribution in [0.5, 0.6) is 0 Å². The molecule has 10 heteroatoms. The first-order chi connectivity index (χ1) is 14.3. The van der Waals surface area contributed by atoms with Gasteiger partial charge in [0.05, 0.1) is 24.6 Å². The minimum Gasteiger partial charge on any atom is -0.285 e. The second-order valence-electron chi connectivity index (χ2n) is 6.90. The molecule has 0 aromatic carbocycles. The fourth-order valence-electron chi connectivity index (χ4n) is 3.18.